The van der Waals surface area contributed by atoms with E-state index in [1.165, 1.54) is 9.75 Å². The monoisotopic (exact) mass is 228 g/mol. The Morgan fingerprint density at radius 2 is 2.07 bits per heavy atom. The Balaban J connectivity index is 1.98. The quantitative estimate of drug-likeness (QED) is 0.613. The Hall–Kier alpha value is -0.420. The van der Waals surface area contributed by atoms with Crippen LogP contribution in [-0.4, -0.2) is 30.8 Å². The van der Waals surface area contributed by atoms with E-state index in [0.717, 1.165) is 19.6 Å². The summed E-state index contributed by atoms with van der Waals surface area (Å²) in [6.45, 7) is 7.35. The Labute approximate surface area is 95.5 Å². The van der Waals surface area contributed by atoms with Gasteiger partial charge in [-0.2, -0.15) is 0 Å². The van der Waals surface area contributed by atoms with Crippen LogP contribution in [0.25, 0.3) is 0 Å². The lowest BCUT2D eigenvalue weighted by atomic mass is 10.4. The zero-order chi connectivity index (χ0) is 11.1. The summed E-state index contributed by atoms with van der Waals surface area (Å²) in [5, 5.41) is 15.5. The molecule has 0 bridgehead atoms. The van der Waals surface area contributed by atoms with E-state index in [-0.39, 0.29) is 6.10 Å². The molecule has 0 aromatic carbocycles. The van der Waals surface area contributed by atoms with Crippen molar-refractivity contribution in [3.8, 4) is 0 Å². The van der Waals surface area contributed by atoms with Gasteiger partial charge in [0.2, 0.25) is 0 Å². The van der Waals surface area contributed by atoms with Gasteiger partial charge in [0.05, 0.1) is 6.10 Å². The molecular formula is C11H20N2OS. The molecule has 0 aliphatic heterocycles. The first-order chi connectivity index (χ1) is 7.18. The highest BCUT2D eigenvalue weighted by Crippen LogP contribution is 2.13. The van der Waals surface area contributed by atoms with Gasteiger partial charge in [-0.25, -0.2) is 0 Å². The molecule has 4 heteroatoms. The van der Waals surface area contributed by atoms with Crippen molar-refractivity contribution in [2.45, 2.75) is 26.5 Å². The van der Waals surface area contributed by atoms with Gasteiger partial charge in [0.25, 0.3) is 0 Å². The molecular weight excluding hydrogens is 208 g/mol. The molecule has 3 nitrogen and oxygen atoms in total. The topological polar surface area (TPSA) is 44.3 Å². The van der Waals surface area contributed by atoms with Crippen molar-refractivity contribution in [2.75, 3.05) is 19.6 Å². The minimum Gasteiger partial charge on any atom is -0.392 e. The summed E-state index contributed by atoms with van der Waals surface area (Å²) in [6, 6.07) is 4.31. The number of aliphatic hydroxyl groups excluding tert-OH is 1. The number of aryl methyl sites for hydroxylation is 1. The Morgan fingerprint density at radius 1 is 1.33 bits per heavy atom. The lowest BCUT2D eigenvalue weighted by Crippen LogP contribution is -2.31. The van der Waals surface area contributed by atoms with Gasteiger partial charge < -0.3 is 15.7 Å². The summed E-state index contributed by atoms with van der Waals surface area (Å²) in [5.74, 6) is 0. The molecule has 0 fully saturated rings. The second kappa shape index (κ2) is 6.95. The number of thiophene rings is 1. The van der Waals surface area contributed by atoms with E-state index < -0.39 is 0 Å². The number of aliphatic hydroxyl groups is 1. The molecule has 1 aromatic heterocycles. The summed E-state index contributed by atoms with van der Waals surface area (Å²) in [4.78, 5) is 2.74. The van der Waals surface area contributed by atoms with Crippen molar-refractivity contribution >= 4 is 11.3 Å². The van der Waals surface area contributed by atoms with Crippen molar-refractivity contribution in [2.24, 2.45) is 0 Å². The number of nitrogens with one attached hydrogen (secondary N) is 2. The molecule has 0 spiro atoms. The van der Waals surface area contributed by atoms with E-state index in [4.69, 9.17) is 5.11 Å². The van der Waals surface area contributed by atoms with E-state index in [1.807, 2.05) is 11.3 Å². The van der Waals surface area contributed by atoms with Crippen LogP contribution in [0.4, 0.5) is 0 Å². The molecule has 0 saturated heterocycles. The predicted molar refractivity (Wildman–Crippen MR) is 65.3 cm³/mol. The molecule has 0 amide bonds. The van der Waals surface area contributed by atoms with Crippen LogP contribution in [-0.2, 0) is 6.54 Å². The first kappa shape index (κ1) is 12.6. The molecule has 0 aliphatic carbocycles. The molecule has 1 aromatic rings. The zero-order valence-corrected chi connectivity index (χ0v) is 10.2. The number of hydrogen-bond donors (Lipinski definition) is 3. The smallest absolute Gasteiger partial charge is 0.0636 e. The average Bonchev–Trinajstić information content (AvgIpc) is 2.57. The zero-order valence-electron chi connectivity index (χ0n) is 9.42. The molecule has 3 N–H and O–H groups in total. The van der Waals surface area contributed by atoms with Gasteiger partial charge in [0.15, 0.2) is 0 Å². The van der Waals surface area contributed by atoms with Gasteiger partial charge in [-0.15, -0.1) is 11.3 Å². The normalized spacial score (nSPS) is 13.0. The van der Waals surface area contributed by atoms with E-state index in [1.54, 1.807) is 6.92 Å². The summed E-state index contributed by atoms with van der Waals surface area (Å²) < 4.78 is 0. The maximum Gasteiger partial charge on any atom is 0.0636 e. The van der Waals surface area contributed by atoms with Crippen LogP contribution in [0, 0.1) is 6.92 Å². The molecule has 1 rings (SSSR count). The molecule has 0 unspecified atom stereocenters. The fraction of sp³-hybridized carbons (Fsp3) is 0.636. The van der Waals surface area contributed by atoms with Gasteiger partial charge in [-0.05, 0) is 26.0 Å². The highest BCUT2D eigenvalue weighted by atomic mass is 32.1. The van der Waals surface area contributed by atoms with Crippen LogP contribution < -0.4 is 10.6 Å². The lowest BCUT2D eigenvalue weighted by Gasteiger charge is -2.07. The van der Waals surface area contributed by atoms with Crippen molar-refractivity contribution in [3.63, 3.8) is 0 Å². The maximum atomic E-state index is 9.01. The van der Waals surface area contributed by atoms with Crippen molar-refractivity contribution in [1.82, 2.24) is 10.6 Å². The molecule has 1 heterocycles. The van der Waals surface area contributed by atoms with Gasteiger partial charge >= 0.3 is 0 Å². The summed E-state index contributed by atoms with van der Waals surface area (Å²) in [7, 11) is 0. The first-order valence-corrected chi connectivity index (χ1v) is 6.15. The van der Waals surface area contributed by atoms with E-state index in [2.05, 4.69) is 29.7 Å². The van der Waals surface area contributed by atoms with Crippen molar-refractivity contribution in [1.29, 1.82) is 0 Å². The fourth-order valence-corrected chi connectivity index (χ4v) is 2.14. The highest BCUT2D eigenvalue weighted by Gasteiger charge is 1.96. The minimum atomic E-state index is -0.259. The third-order valence-corrected chi connectivity index (χ3v) is 3.01. The van der Waals surface area contributed by atoms with Crippen molar-refractivity contribution < 1.29 is 5.11 Å². The number of rotatable bonds is 7. The van der Waals surface area contributed by atoms with Gasteiger partial charge in [0.1, 0.15) is 0 Å². The van der Waals surface area contributed by atoms with Crippen LogP contribution in [0.1, 0.15) is 16.7 Å². The predicted octanol–water partition coefficient (Wildman–Crippen LogP) is 1.12. The average molecular weight is 228 g/mol. The third-order valence-electron chi connectivity index (χ3n) is 2.01. The second-order valence-corrected chi connectivity index (χ2v) is 5.11. The largest absolute Gasteiger partial charge is 0.392 e. The first-order valence-electron chi connectivity index (χ1n) is 5.33. The van der Waals surface area contributed by atoms with Gasteiger partial charge in [-0.1, -0.05) is 0 Å². The summed E-state index contributed by atoms with van der Waals surface area (Å²) >= 11 is 1.83. The Bertz CT molecular complexity index is 273. The highest BCUT2D eigenvalue weighted by molar-refractivity contribution is 7.11. The third kappa shape index (κ3) is 5.89. The molecule has 0 radical (unpaired) electrons. The number of hydrogen-bond acceptors (Lipinski definition) is 4. The van der Waals surface area contributed by atoms with Crippen LogP contribution in [0.15, 0.2) is 12.1 Å². The molecule has 86 valence electrons. The van der Waals surface area contributed by atoms with Crippen LogP contribution >= 0.6 is 11.3 Å². The lowest BCUT2D eigenvalue weighted by molar-refractivity contribution is 0.191. The van der Waals surface area contributed by atoms with Crippen LogP contribution in [0.2, 0.25) is 0 Å². The second-order valence-electron chi connectivity index (χ2n) is 3.74. The molecule has 0 saturated carbocycles. The van der Waals surface area contributed by atoms with Crippen LogP contribution in [0.5, 0.6) is 0 Å². The fourth-order valence-electron chi connectivity index (χ4n) is 1.28. The van der Waals surface area contributed by atoms with E-state index in [0.29, 0.717) is 6.54 Å². The molecule has 1 atom stereocenters. The standard InChI is InChI=1S/C11H20N2OS/c1-9(14)7-12-5-6-13-8-11-4-3-10(2)15-11/h3-4,9,12-14H,5-8H2,1-2H3/t9-/m1/s1. The Morgan fingerprint density at radius 3 is 2.67 bits per heavy atom. The molecule has 0 aliphatic rings. The van der Waals surface area contributed by atoms with Crippen LogP contribution in [0.3, 0.4) is 0 Å². The van der Waals surface area contributed by atoms with Gasteiger partial charge in [-0.3, -0.25) is 0 Å². The minimum absolute atomic E-state index is 0.259. The summed E-state index contributed by atoms with van der Waals surface area (Å²) in [6.07, 6.45) is -0.259. The SMILES string of the molecule is Cc1ccc(CNCCNC[C@@H](C)O)s1. The Kier molecular flexibility index (Phi) is 5.86. The summed E-state index contributed by atoms with van der Waals surface area (Å²) in [5.41, 5.74) is 0. The maximum absolute atomic E-state index is 9.01. The van der Waals surface area contributed by atoms with E-state index in [9.17, 15) is 0 Å². The van der Waals surface area contributed by atoms with E-state index >= 15 is 0 Å². The van der Waals surface area contributed by atoms with Gasteiger partial charge in [0, 0.05) is 35.9 Å². The molecule has 15 heavy (non-hydrogen) atoms. The van der Waals surface area contributed by atoms with Crippen molar-refractivity contribution in [3.05, 3.63) is 21.9 Å².